The molecule has 0 bridgehead atoms. The quantitative estimate of drug-likeness (QED) is 0.723. The van der Waals surface area contributed by atoms with E-state index in [1.807, 2.05) is 0 Å². The van der Waals surface area contributed by atoms with E-state index < -0.39 is 0 Å². The highest BCUT2D eigenvalue weighted by atomic mass is 32.1. The summed E-state index contributed by atoms with van der Waals surface area (Å²) < 4.78 is 0. The first-order valence-corrected chi connectivity index (χ1v) is 7.42. The summed E-state index contributed by atoms with van der Waals surface area (Å²) >= 11 is 1.28. The number of hydrogen-bond donors (Lipinski definition) is 3. The summed E-state index contributed by atoms with van der Waals surface area (Å²) in [7, 11) is 1.76. The number of nitrogens with two attached hydrogens (primary N) is 1. The van der Waals surface area contributed by atoms with Crippen LogP contribution in [-0.2, 0) is 0 Å². The second-order valence-corrected chi connectivity index (χ2v) is 5.60. The Balaban J connectivity index is 1.83. The van der Waals surface area contributed by atoms with Gasteiger partial charge in [0.05, 0.1) is 0 Å². The standard InChI is InChI=1S/C13H20N4OS/c1-15-13-17-11(14)10(19-13)12(18)16-8-7-9-5-3-2-4-6-9/h5H,2-4,6-8,14H2,1H3,(H,15,17)(H,16,18). The zero-order chi connectivity index (χ0) is 13.7. The second-order valence-electron chi connectivity index (χ2n) is 4.60. The van der Waals surface area contributed by atoms with Crippen molar-refractivity contribution in [2.45, 2.75) is 32.1 Å². The molecular weight excluding hydrogens is 260 g/mol. The summed E-state index contributed by atoms with van der Waals surface area (Å²) in [5.74, 6) is 0.164. The van der Waals surface area contributed by atoms with Crippen molar-refractivity contribution in [1.29, 1.82) is 0 Å². The maximum absolute atomic E-state index is 12.0. The van der Waals surface area contributed by atoms with Crippen molar-refractivity contribution in [3.05, 3.63) is 16.5 Å². The fraction of sp³-hybridized carbons (Fsp3) is 0.538. The summed E-state index contributed by atoms with van der Waals surface area (Å²) in [4.78, 5) is 16.5. The van der Waals surface area contributed by atoms with Crippen LogP contribution in [0.1, 0.15) is 41.8 Å². The van der Waals surface area contributed by atoms with Gasteiger partial charge in [0.1, 0.15) is 10.7 Å². The molecule has 1 amide bonds. The molecule has 0 atom stereocenters. The van der Waals surface area contributed by atoms with E-state index >= 15 is 0 Å². The van der Waals surface area contributed by atoms with Crippen molar-refractivity contribution < 1.29 is 4.79 Å². The lowest BCUT2D eigenvalue weighted by Crippen LogP contribution is -2.24. The topological polar surface area (TPSA) is 80.0 Å². The highest BCUT2D eigenvalue weighted by Gasteiger charge is 2.15. The molecule has 2 rings (SSSR count). The van der Waals surface area contributed by atoms with Gasteiger partial charge >= 0.3 is 0 Å². The van der Waals surface area contributed by atoms with Crippen molar-refractivity contribution in [2.24, 2.45) is 0 Å². The number of nitrogens with zero attached hydrogens (tertiary/aromatic N) is 1. The van der Waals surface area contributed by atoms with Crippen molar-refractivity contribution >= 4 is 28.2 Å². The van der Waals surface area contributed by atoms with Crippen LogP contribution in [0.3, 0.4) is 0 Å². The van der Waals surface area contributed by atoms with Gasteiger partial charge in [-0.25, -0.2) is 4.98 Å². The molecule has 1 aromatic heterocycles. The van der Waals surface area contributed by atoms with Gasteiger partial charge in [0.25, 0.3) is 5.91 Å². The molecule has 19 heavy (non-hydrogen) atoms. The van der Waals surface area contributed by atoms with E-state index in [0.29, 0.717) is 22.4 Å². The number of amides is 1. The minimum atomic E-state index is -0.132. The maximum atomic E-state index is 12.0. The van der Waals surface area contributed by atoms with Crippen molar-refractivity contribution in [3.8, 4) is 0 Å². The number of anilines is 2. The van der Waals surface area contributed by atoms with E-state index in [1.165, 1.54) is 42.6 Å². The Hall–Kier alpha value is -1.56. The van der Waals surface area contributed by atoms with Crippen molar-refractivity contribution in [3.63, 3.8) is 0 Å². The molecule has 1 heterocycles. The van der Waals surface area contributed by atoms with Gasteiger partial charge in [0, 0.05) is 13.6 Å². The number of nitrogen functional groups attached to an aromatic ring is 1. The molecule has 4 N–H and O–H groups in total. The zero-order valence-corrected chi connectivity index (χ0v) is 12.0. The van der Waals surface area contributed by atoms with E-state index in [-0.39, 0.29) is 5.91 Å². The molecule has 104 valence electrons. The Bertz CT molecular complexity index is 481. The van der Waals surface area contributed by atoms with E-state index in [0.717, 1.165) is 6.42 Å². The monoisotopic (exact) mass is 280 g/mol. The predicted molar refractivity (Wildman–Crippen MR) is 79.6 cm³/mol. The normalized spacial score (nSPS) is 14.9. The minimum absolute atomic E-state index is 0.132. The van der Waals surface area contributed by atoms with Gasteiger partial charge in [-0.05, 0) is 32.1 Å². The highest BCUT2D eigenvalue weighted by Crippen LogP contribution is 2.24. The van der Waals surface area contributed by atoms with Gasteiger partial charge in [0.2, 0.25) is 0 Å². The number of hydrogen-bond acceptors (Lipinski definition) is 5. The first-order chi connectivity index (χ1) is 9.20. The molecule has 1 aromatic rings. The van der Waals surface area contributed by atoms with Gasteiger partial charge in [-0.2, -0.15) is 0 Å². The third kappa shape index (κ3) is 3.70. The smallest absolute Gasteiger partial charge is 0.265 e. The Kier molecular flexibility index (Phi) is 4.79. The molecule has 1 aliphatic carbocycles. The van der Waals surface area contributed by atoms with Crippen LogP contribution in [0, 0.1) is 0 Å². The number of carbonyl (C=O) groups is 1. The predicted octanol–water partition coefficient (Wildman–Crippen LogP) is 2.39. The van der Waals surface area contributed by atoms with Gasteiger partial charge in [0.15, 0.2) is 5.13 Å². The molecule has 0 radical (unpaired) electrons. The maximum Gasteiger partial charge on any atom is 0.265 e. The van der Waals surface area contributed by atoms with E-state index in [9.17, 15) is 4.79 Å². The third-order valence-electron chi connectivity index (χ3n) is 3.19. The molecule has 6 heteroatoms. The van der Waals surface area contributed by atoms with Crippen LogP contribution in [0.15, 0.2) is 11.6 Å². The van der Waals surface area contributed by atoms with Crippen LogP contribution < -0.4 is 16.4 Å². The molecule has 0 unspecified atom stereocenters. The average Bonchev–Trinajstić information content (AvgIpc) is 2.81. The van der Waals surface area contributed by atoms with Crippen molar-refractivity contribution in [2.75, 3.05) is 24.6 Å². The zero-order valence-electron chi connectivity index (χ0n) is 11.2. The van der Waals surface area contributed by atoms with Gasteiger partial charge in [-0.1, -0.05) is 23.0 Å². The number of aromatic nitrogens is 1. The highest BCUT2D eigenvalue weighted by molar-refractivity contribution is 7.18. The van der Waals surface area contributed by atoms with E-state index in [4.69, 9.17) is 5.73 Å². The van der Waals surface area contributed by atoms with Crippen LogP contribution >= 0.6 is 11.3 Å². The average molecular weight is 280 g/mol. The largest absolute Gasteiger partial charge is 0.382 e. The van der Waals surface area contributed by atoms with Crippen molar-refractivity contribution in [1.82, 2.24) is 10.3 Å². The summed E-state index contributed by atoms with van der Waals surface area (Å²) in [5, 5.41) is 6.46. The summed E-state index contributed by atoms with van der Waals surface area (Å²) in [6.45, 7) is 0.664. The first-order valence-electron chi connectivity index (χ1n) is 6.61. The number of carbonyl (C=O) groups excluding carboxylic acids is 1. The lowest BCUT2D eigenvalue weighted by atomic mass is 9.97. The minimum Gasteiger partial charge on any atom is -0.382 e. The summed E-state index contributed by atoms with van der Waals surface area (Å²) in [5.41, 5.74) is 7.18. The number of rotatable bonds is 5. The molecule has 0 saturated heterocycles. The van der Waals surface area contributed by atoms with Crippen LogP contribution in [0.4, 0.5) is 10.9 Å². The molecule has 0 aliphatic heterocycles. The second kappa shape index (κ2) is 6.56. The lowest BCUT2D eigenvalue weighted by molar-refractivity contribution is 0.0958. The number of thiazole rings is 1. The van der Waals surface area contributed by atoms with E-state index in [1.54, 1.807) is 7.05 Å². The molecule has 0 spiro atoms. The number of nitrogens with one attached hydrogen (secondary N) is 2. The fourth-order valence-electron chi connectivity index (χ4n) is 2.15. The Labute approximate surface area is 117 Å². The number of allylic oxidation sites excluding steroid dienone is 1. The molecule has 0 aromatic carbocycles. The first kappa shape index (κ1) is 13.9. The Morgan fingerprint density at radius 1 is 1.53 bits per heavy atom. The van der Waals surface area contributed by atoms with Crippen LogP contribution in [-0.4, -0.2) is 24.5 Å². The molecular formula is C13H20N4OS. The summed E-state index contributed by atoms with van der Waals surface area (Å²) in [6.07, 6.45) is 8.14. The van der Waals surface area contributed by atoms with Crippen LogP contribution in [0.25, 0.3) is 0 Å². The van der Waals surface area contributed by atoms with Crippen LogP contribution in [0.2, 0.25) is 0 Å². The summed E-state index contributed by atoms with van der Waals surface area (Å²) in [6, 6.07) is 0. The van der Waals surface area contributed by atoms with Gasteiger partial charge < -0.3 is 16.4 Å². The van der Waals surface area contributed by atoms with Crippen LogP contribution in [0.5, 0.6) is 0 Å². The lowest BCUT2D eigenvalue weighted by Gasteiger charge is -2.12. The fourth-order valence-corrected chi connectivity index (χ4v) is 2.90. The SMILES string of the molecule is CNc1nc(N)c(C(=O)NCCC2=CCCCC2)s1. The molecule has 0 fully saturated rings. The van der Waals surface area contributed by atoms with E-state index in [2.05, 4.69) is 21.7 Å². The molecule has 1 aliphatic rings. The molecule has 0 saturated carbocycles. The molecule has 5 nitrogen and oxygen atoms in total. The Morgan fingerprint density at radius 3 is 3.00 bits per heavy atom. The van der Waals surface area contributed by atoms with Gasteiger partial charge in [-0.3, -0.25) is 4.79 Å². The third-order valence-corrected chi connectivity index (χ3v) is 4.28. The Morgan fingerprint density at radius 2 is 2.37 bits per heavy atom. The van der Waals surface area contributed by atoms with Gasteiger partial charge in [-0.15, -0.1) is 0 Å².